The van der Waals surface area contributed by atoms with Crippen molar-refractivity contribution in [2.75, 3.05) is 45.5 Å². The molecule has 0 bridgehead atoms. The second-order valence-corrected chi connectivity index (χ2v) is 7.08. The van der Waals surface area contributed by atoms with Crippen molar-refractivity contribution < 1.29 is 0 Å². The topological polar surface area (TPSA) is 71.2 Å². The first-order valence-electron chi connectivity index (χ1n) is 6.65. The Labute approximate surface area is 126 Å². The van der Waals surface area contributed by atoms with E-state index in [1.165, 1.54) is 11.3 Å². The molecule has 2 aromatic heterocycles. The van der Waals surface area contributed by atoms with Gasteiger partial charge in [-0.25, -0.2) is 4.98 Å². The van der Waals surface area contributed by atoms with Crippen LogP contribution in [0.25, 0.3) is 9.88 Å². The highest BCUT2D eigenvalue weighted by molar-refractivity contribution is 7.23. The molecule has 1 saturated heterocycles. The minimum absolute atomic E-state index is 0.507. The predicted molar refractivity (Wildman–Crippen MR) is 83.1 cm³/mol. The molecule has 1 fully saturated rings. The summed E-state index contributed by atoms with van der Waals surface area (Å²) in [6, 6.07) is 0. The molecule has 1 aliphatic rings. The monoisotopic (exact) mass is 310 g/mol. The second-order valence-electron chi connectivity index (χ2n) is 4.96. The third-order valence-corrected chi connectivity index (χ3v) is 5.42. The van der Waals surface area contributed by atoms with Crippen LogP contribution < -0.4 is 5.73 Å². The Bertz CT molecular complexity index is 558. The number of nitrogen functional groups attached to an aromatic ring is 1. The largest absolute Gasteiger partial charge is 0.374 e. The zero-order valence-corrected chi connectivity index (χ0v) is 13.1. The molecule has 8 heteroatoms. The van der Waals surface area contributed by atoms with Crippen molar-refractivity contribution in [1.82, 2.24) is 25.0 Å². The lowest BCUT2D eigenvalue weighted by atomic mass is 10.3. The number of likely N-dealkylation sites (N-methyl/N-ethyl adjacent to an activating group) is 1. The Morgan fingerprint density at radius 3 is 2.70 bits per heavy atom. The number of anilines is 1. The van der Waals surface area contributed by atoms with E-state index in [0.29, 0.717) is 5.13 Å². The van der Waals surface area contributed by atoms with Crippen molar-refractivity contribution in [3.05, 3.63) is 11.2 Å². The van der Waals surface area contributed by atoms with E-state index >= 15 is 0 Å². The Balaban J connectivity index is 1.55. The lowest BCUT2D eigenvalue weighted by molar-refractivity contribution is 0.155. The van der Waals surface area contributed by atoms with Crippen molar-refractivity contribution in [2.24, 2.45) is 0 Å². The zero-order chi connectivity index (χ0) is 13.9. The molecule has 3 heterocycles. The van der Waals surface area contributed by atoms with Gasteiger partial charge in [0.05, 0.1) is 9.88 Å². The summed E-state index contributed by atoms with van der Waals surface area (Å²) in [7, 11) is 2.18. The molecule has 3 rings (SSSR count). The Morgan fingerprint density at radius 2 is 2.00 bits per heavy atom. The number of nitrogens with zero attached hydrogens (tertiary/aromatic N) is 5. The summed E-state index contributed by atoms with van der Waals surface area (Å²) in [5, 5.41) is 10.4. The molecule has 0 amide bonds. The van der Waals surface area contributed by atoms with Gasteiger partial charge in [-0.05, 0) is 7.05 Å². The van der Waals surface area contributed by atoms with E-state index < -0.39 is 0 Å². The van der Waals surface area contributed by atoms with Crippen LogP contribution in [-0.2, 0) is 6.42 Å². The van der Waals surface area contributed by atoms with E-state index in [0.717, 1.165) is 54.0 Å². The van der Waals surface area contributed by atoms with Gasteiger partial charge in [0.15, 0.2) is 5.01 Å². The number of thiazole rings is 1. The van der Waals surface area contributed by atoms with Gasteiger partial charge in [0.25, 0.3) is 0 Å². The minimum Gasteiger partial charge on any atom is -0.374 e. The first-order chi connectivity index (χ1) is 9.70. The van der Waals surface area contributed by atoms with Gasteiger partial charge in [-0.1, -0.05) is 11.3 Å². The van der Waals surface area contributed by atoms with Gasteiger partial charge in [0.1, 0.15) is 0 Å². The lowest BCUT2D eigenvalue weighted by Gasteiger charge is -2.32. The smallest absolute Gasteiger partial charge is 0.203 e. The van der Waals surface area contributed by atoms with Gasteiger partial charge in [-0.15, -0.1) is 21.5 Å². The summed E-state index contributed by atoms with van der Waals surface area (Å²) < 4.78 is 0. The van der Waals surface area contributed by atoms with Crippen LogP contribution in [0.4, 0.5) is 5.13 Å². The summed E-state index contributed by atoms with van der Waals surface area (Å²) in [5.41, 5.74) is 5.61. The van der Waals surface area contributed by atoms with E-state index in [-0.39, 0.29) is 0 Å². The van der Waals surface area contributed by atoms with Gasteiger partial charge < -0.3 is 15.5 Å². The van der Waals surface area contributed by atoms with Crippen molar-refractivity contribution in [2.45, 2.75) is 6.42 Å². The number of nitrogens with two attached hydrogens (primary N) is 1. The standard InChI is InChI=1S/C12H18N6S2/c1-17-4-6-18(7-5-17)3-2-10-14-8-9(19-10)11-15-16-12(13)20-11/h8H,2-7H2,1H3,(H2,13,16). The van der Waals surface area contributed by atoms with Gasteiger partial charge >= 0.3 is 0 Å². The van der Waals surface area contributed by atoms with E-state index in [9.17, 15) is 0 Å². The summed E-state index contributed by atoms with van der Waals surface area (Å²) in [6.45, 7) is 5.71. The molecule has 0 unspecified atom stereocenters. The van der Waals surface area contributed by atoms with Crippen LogP contribution in [0, 0.1) is 0 Å². The molecule has 108 valence electrons. The molecule has 0 spiro atoms. The highest BCUT2D eigenvalue weighted by atomic mass is 32.1. The fourth-order valence-electron chi connectivity index (χ4n) is 2.18. The molecule has 2 N–H and O–H groups in total. The van der Waals surface area contributed by atoms with Crippen LogP contribution in [-0.4, -0.2) is 64.8 Å². The van der Waals surface area contributed by atoms with Crippen molar-refractivity contribution >= 4 is 27.8 Å². The molecular weight excluding hydrogens is 292 g/mol. The summed E-state index contributed by atoms with van der Waals surface area (Å²) in [6.07, 6.45) is 2.88. The van der Waals surface area contributed by atoms with E-state index in [1.807, 2.05) is 6.20 Å². The summed E-state index contributed by atoms with van der Waals surface area (Å²) in [5.74, 6) is 0. The third-order valence-electron chi connectivity index (χ3n) is 3.44. The highest BCUT2D eigenvalue weighted by Gasteiger charge is 2.14. The molecule has 6 nitrogen and oxygen atoms in total. The first-order valence-corrected chi connectivity index (χ1v) is 8.29. The molecule has 20 heavy (non-hydrogen) atoms. The molecule has 1 aliphatic heterocycles. The third kappa shape index (κ3) is 3.32. The molecule has 0 saturated carbocycles. The summed E-state index contributed by atoms with van der Waals surface area (Å²) in [4.78, 5) is 10.4. The fraction of sp³-hybridized carbons (Fsp3) is 0.583. The molecule has 2 aromatic rings. The average molecular weight is 310 g/mol. The van der Waals surface area contributed by atoms with Gasteiger partial charge in [-0.2, -0.15) is 0 Å². The van der Waals surface area contributed by atoms with E-state index in [2.05, 4.69) is 32.0 Å². The lowest BCUT2D eigenvalue weighted by Crippen LogP contribution is -2.45. The van der Waals surface area contributed by atoms with Crippen molar-refractivity contribution in [1.29, 1.82) is 0 Å². The van der Waals surface area contributed by atoms with Gasteiger partial charge in [-0.3, -0.25) is 0 Å². The van der Waals surface area contributed by atoms with Crippen LogP contribution in [0.5, 0.6) is 0 Å². The van der Waals surface area contributed by atoms with Gasteiger partial charge in [0, 0.05) is 45.3 Å². The van der Waals surface area contributed by atoms with Crippen LogP contribution in [0.15, 0.2) is 6.20 Å². The Hall–Kier alpha value is -1.09. The SMILES string of the molecule is CN1CCN(CCc2ncc(-c3nnc(N)s3)s2)CC1. The van der Waals surface area contributed by atoms with Crippen molar-refractivity contribution in [3.63, 3.8) is 0 Å². The Morgan fingerprint density at radius 1 is 1.20 bits per heavy atom. The predicted octanol–water partition coefficient (Wildman–Crippen LogP) is 1.03. The maximum atomic E-state index is 5.61. The molecular formula is C12H18N6S2. The molecule has 0 aromatic carbocycles. The maximum Gasteiger partial charge on any atom is 0.203 e. The number of hydrogen-bond acceptors (Lipinski definition) is 8. The van der Waals surface area contributed by atoms with Crippen LogP contribution in [0.2, 0.25) is 0 Å². The number of piperazine rings is 1. The van der Waals surface area contributed by atoms with Crippen LogP contribution >= 0.6 is 22.7 Å². The number of aromatic nitrogens is 3. The minimum atomic E-state index is 0.507. The maximum absolute atomic E-state index is 5.61. The quantitative estimate of drug-likeness (QED) is 0.909. The highest BCUT2D eigenvalue weighted by Crippen LogP contribution is 2.29. The molecule has 0 atom stereocenters. The molecule has 0 aliphatic carbocycles. The van der Waals surface area contributed by atoms with Crippen LogP contribution in [0.1, 0.15) is 5.01 Å². The summed E-state index contributed by atoms with van der Waals surface area (Å²) >= 11 is 3.10. The number of rotatable bonds is 4. The fourth-order valence-corrected chi connectivity index (χ4v) is 3.73. The van der Waals surface area contributed by atoms with Crippen LogP contribution in [0.3, 0.4) is 0 Å². The zero-order valence-electron chi connectivity index (χ0n) is 11.4. The number of hydrogen-bond donors (Lipinski definition) is 1. The van der Waals surface area contributed by atoms with Gasteiger partial charge in [0.2, 0.25) is 5.13 Å². The van der Waals surface area contributed by atoms with E-state index in [4.69, 9.17) is 5.73 Å². The molecule has 0 radical (unpaired) electrons. The average Bonchev–Trinajstić information content (AvgIpc) is 3.07. The second kappa shape index (κ2) is 6.13. The van der Waals surface area contributed by atoms with E-state index in [1.54, 1.807) is 11.3 Å². The Kier molecular flexibility index (Phi) is 4.25. The van der Waals surface area contributed by atoms with Crippen molar-refractivity contribution in [3.8, 4) is 9.88 Å². The first kappa shape index (κ1) is 13.9. The normalized spacial score (nSPS) is 17.6.